The minimum Gasteiger partial charge on any atom is -0.352 e. The summed E-state index contributed by atoms with van der Waals surface area (Å²) in [6.45, 7) is 7.55. The molecule has 0 aliphatic heterocycles. The van der Waals surface area contributed by atoms with E-state index in [-0.39, 0.29) is 17.9 Å². The smallest absolute Gasteiger partial charge is 0.243 e. The molecule has 0 saturated heterocycles. The van der Waals surface area contributed by atoms with Crippen molar-refractivity contribution in [1.82, 2.24) is 10.6 Å². The molecule has 0 spiro atoms. The number of rotatable bonds is 5. The predicted octanol–water partition coefficient (Wildman–Crippen LogP) is 0.282. The van der Waals surface area contributed by atoms with Crippen molar-refractivity contribution in [2.75, 3.05) is 0 Å². The fourth-order valence-corrected chi connectivity index (χ4v) is 1.02. The van der Waals surface area contributed by atoms with Gasteiger partial charge in [0.1, 0.15) is 6.04 Å². The molecule has 1 atom stereocenters. The Bertz CT molecular complexity index is 178. The SMILES string of the molecule is CC(C)NC(=O)C(NC=O)C(C)C. The van der Waals surface area contributed by atoms with Crippen LogP contribution in [0.15, 0.2) is 0 Å². The maximum Gasteiger partial charge on any atom is 0.243 e. The summed E-state index contributed by atoms with van der Waals surface area (Å²) in [5.74, 6) is -0.0268. The fourth-order valence-electron chi connectivity index (χ4n) is 1.02. The van der Waals surface area contributed by atoms with Crippen molar-refractivity contribution in [2.24, 2.45) is 5.92 Å². The summed E-state index contributed by atoms with van der Waals surface area (Å²) in [4.78, 5) is 21.7. The highest BCUT2D eigenvalue weighted by molar-refractivity contribution is 5.84. The zero-order valence-corrected chi connectivity index (χ0v) is 8.63. The molecule has 0 bridgehead atoms. The summed E-state index contributed by atoms with van der Waals surface area (Å²) >= 11 is 0. The molecule has 0 saturated carbocycles. The summed E-state index contributed by atoms with van der Waals surface area (Å²) in [5, 5.41) is 5.24. The molecule has 0 aromatic rings. The molecule has 4 heteroatoms. The van der Waals surface area contributed by atoms with Crippen LogP contribution < -0.4 is 10.6 Å². The quantitative estimate of drug-likeness (QED) is 0.606. The van der Waals surface area contributed by atoms with Crippen LogP contribution in [0.3, 0.4) is 0 Å². The Morgan fingerprint density at radius 1 is 1.23 bits per heavy atom. The predicted molar refractivity (Wildman–Crippen MR) is 51.1 cm³/mol. The normalized spacial score (nSPS) is 12.8. The number of carbonyl (C=O) groups is 2. The summed E-state index contributed by atoms with van der Waals surface area (Å²) in [6.07, 6.45) is 0.560. The number of amides is 2. The Balaban J connectivity index is 4.19. The first-order chi connectivity index (χ1) is 5.99. The van der Waals surface area contributed by atoms with Gasteiger partial charge in [-0.3, -0.25) is 9.59 Å². The van der Waals surface area contributed by atoms with Crippen LogP contribution in [0.5, 0.6) is 0 Å². The highest BCUT2D eigenvalue weighted by Crippen LogP contribution is 2.01. The van der Waals surface area contributed by atoms with E-state index in [2.05, 4.69) is 10.6 Å². The maximum absolute atomic E-state index is 11.5. The van der Waals surface area contributed by atoms with Gasteiger partial charge >= 0.3 is 0 Å². The van der Waals surface area contributed by atoms with Gasteiger partial charge in [0, 0.05) is 6.04 Å². The largest absolute Gasteiger partial charge is 0.352 e. The van der Waals surface area contributed by atoms with Gasteiger partial charge in [0.15, 0.2) is 0 Å². The van der Waals surface area contributed by atoms with Crippen LogP contribution in [0.1, 0.15) is 27.7 Å². The number of hydrogen-bond donors (Lipinski definition) is 2. The van der Waals surface area contributed by atoms with E-state index in [4.69, 9.17) is 0 Å². The molecule has 0 aromatic carbocycles. The Hall–Kier alpha value is -1.06. The molecule has 0 radical (unpaired) electrons. The van der Waals surface area contributed by atoms with E-state index in [0.717, 1.165) is 0 Å². The maximum atomic E-state index is 11.5. The Morgan fingerprint density at radius 3 is 2.08 bits per heavy atom. The van der Waals surface area contributed by atoms with Crippen LogP contribution in [-0.2, 0) is 9.59 Å². The van der Waals surface area contributed by atoms with Gasteiger partial charge in [-0.1, -0.05) is 13.8 Å². The van der Waals surface area contributed by atoms with Gasteiger partial charge in [-0.2, -0.15) is 0 Å². The van der Waals surface area contributed by atoms with Gasteiger partial charge in [0.2, 0.25) is 12.3 Å². The third kappa shape index (κ3) is 4.50. The van der Waals surface area contributed by atoms with Crippen LogP contribution in [0.2, 0.25) is 0 Å². The van der Waals surface area contributed by atoms with Crippen LogP contribution in [0, 0.1) is 5.92 Å². The van der Waals surface area contributed by atoms with Crippen LogP contribution in [0.4, 0.5) is 0 Å². The Morgan fingerprint density at radius 2 is 1.77 bits per heavy atom. The average molecular weight is 186 g/mol. The molecule has 2 amide bonds. The molecule has 0 rings (SSSR count). The van der Waals surface area contributed by atoms with E-state index in [9.17, 15) is 9.59 Å². The molecule has 1 unspecified atom stereocenters. The van der Waals surface area contributed by atoms with Crippen molar-refractivity contribution in [3.05, 3.63) is 0 Å². The lowest BCUT2D eigenvalue weighted by Gasteiger charge is -2.20. The summed E-state index contributed by atoms with van der Waals surface area (Å²) < 4.78 is 0. The van der Waals surface area contributed by atoms with Gasteiger partial charge in [-0.05, 0) is 19.8 Å². The molecule has 4 nitrogen and oxygen atoms in total. The topological polar surface area (TPSA) is 58.2 Å². The molecule has 76 valence electrons. The minimum atomic E-state index is -0.431. The summed E-state index contributed by atoms with van der Waals surface area (Å²) in [6, 6.07) is -0.331. The van der Waals surface area contributed by atoms with E-state index < -0.39 is 6.04 Å². The highest BCUT2D eigenvalue weighted by atomic mass is 16.2. The average Bonchev–Trinajstić information content (AvgIpc) is 1.97. The van der Waals surface area contributed by atoms with Crippen LogP contribution >= 0.6 is 0 Å². The third-order valence-electron chi connectivity index (χ3n) is 1.63. The van der Waals surface area contributed by atoms with Crippen LogP contribution in [-0.4, -0.2) is 24.4 Å². The first-order valence-electron chi connectivity index (χ1n) is 4.49. The van der Waals surface area contributed by atoms with E-state index in [0.29, 0.717) is 6.41 Å². The molecule has 0 aromatic heterocycles. The molecule has 13 heavy (non-hydrogen) atoms. The second-order valence-corrected chi connectivity index (χ2v) is 3.67. The standard InChI is InChI=1S/C9H18N2O2/c1-6(2)8(10-5-12)9(13)11-7(3)4/h5-8H,1-4H3,(H,10,12)(H,11,13). The molecular formula is C9H18N2O2. The van der Waals surface area contributed by atoms with Crippen molar-refractivity contribution in [3.63, 3.8) is 0 Å². The molecule has 0 aliphatic rings. The van der Waals surface area contributed by atoms with Crippen molar-refractivity contribution in [1.29, 1.82) is 0 Å². The molecule has 2 N–H and O–H groups in total. The van der Waals surface area contributed by atoms with Gasteiger partial charge < -0.3 is 10.6 Å². The van der Waals surface area contributed by atoms with Crippen LogP contribution in [0.25, 0.3) is 0 Å². The van der Waals surface area contributed by atoms with Gasteiger partial charge in [0.05, 0.1) is 0 Å². The molecule has 0 aliphatic carbocycles. The third-order valence-corrected chi connectivity index (χ3v) is 1.63. The Kier molecular flexibility index (Phi) is 5.11. The number of carbonyl (C=O) groups excluding carboxylic acids is 2. The number of hydrogen-bond acceptors (Lipinski definition) is 2. The minimum absolute atomic E-state index is 0.0993. The summed E-state index contributed by atoms with van der Waals surface area (Å²) in [5.41, 5.74) is 0. The van der Waals surface area contributed by atoms with Crippen molar-refractivity contribution in [3.8, 4) is 0 Å². The first-order valence-corrected chi connectivity index (χ1v) is 4.49. The summed E-state index contributed by atoms with van der Waals surface area (Å²) in [7, 11) is 0. The Labute approximate surface area is 79.1 Å². The lowest BCUT2D eigenvalue weighted by molar-refractivity contribution is -0.126. The van der Waals surface area contributed by atoms with E-state index in [1.165, 1.54) is 0 Å². The lowest BCUT2D eigenvalue weighted by atomic mass is 10.0. The second kappa shape index (κ2) is 5.56. The van der Waals surface area contributed by atoms with E-state index in [1.807, 2.05) is 27.7 Å². The van der Waals surface area contributed by atoms with Gasteiger partial charge in [-0.15, -0.1) is 0 Å². The zero-order valence-electron chi connectivity index (χ0n) is 8.63. The molecular weight excluding hydrogens is 168 g/mol. The molecule has 0 fully saturated rings. The van der Waals surface area contributed by atoms with E-state index in [1.54, 1.807) is 0 Å². The monoisotopic (exact) mass is 186 g/mol. The molecule has 0 heterocycles. The van der Waals surface area contributed by atoms with Crippen molar-refractivity contribution < 1.29 is 9.59 Å². The van der Waals surface area contributed by atoms with Gasteiger partial charge in [-0.25, -0.2) is 0 Å². The second-order valence-electron chi connectivity index (χ2n) is 3.67. The first kappa shape index (κ1) is 11.9. The lowest BCUT2D eigenvalue weighted by Crippen LogP contribution is -2.48. The van der Waals surface area contributed by atoms with Crippen molar-refractivity contribution in [2.45, 2.75) is 39.8 Å². The highest BCUT2D eigenvalue weighted by Gasteiger charge is 2.21. The van der Waals surface area contributed by atoms with Crippen molar-refractivity contribution >= 4 is 12.3 Å². The van der Waals surface area contributed by atoms with E-state index >= 15 is 0 Å². The number of nitrogens with one attached hydrogen (secondary N) is 2. The zero-order chi connectivity index (χ0) is 10.4. The van der Waals surface area contributed by atoms with Gasteiger partial charge in [0.25, 0.3) is 0 Å². The fraction of sp³-hybridized carbons (Fsp3) is 0.778.